The lowest BCUT2D eigenvalue weighted by molar-refractivity contribution is 0.0607. The minimum Gasteiger partial charge on any atom is -0.465 e. The average Bonchev–Trinajstić information content (AvgIpc) is 3.15. The van der Waals surface area contributed by atoms with Crippen molar-refractivity contribution in [2.24, 2.45) is 0 Å². The van der Waals surface area contributed by atoms with Gasteiger partial charge in [0.25, 0.3) is 0 Å². The second kappa shape index (κ2) is 6.10. The number of thiophene rings is 2. The zero-order chi connectivity index (χ0) is 15.7. The van der Waals surface area contributed by atoms with Crippen LogP contribution < -0.4 is 5.32 Å². The topological polar surface area (TPSA) is 58.6 Å². The summed E-state index contributed by atoms with van der Waals surface area (Å²) in [5, 5.41) is 6.66. The highest BCUT2D eigenvalue weighted by atomic mass is 32.1. The molecule has 2 amide bonds. The van der Waals surface area contributed by atoms with Gasteiger partial charge in [-0.25, -0.2) is 9.59 Å². The van der Waals surface area contributed by atoms with E-state index >= 15 is 0 Å². The molecule has 7 heteroatoms. The summed E-state index contributed by atoms with van der Waals surface area (Å²) in [4.78, 5) is 27.8. The van der Waals surface area contributed by atoms with Crippen LogP contribution in [-0.4, -0.2) is 30.6 Å². The number of anilines is 1. The Balaban J connectivity index is 1.76. The van der Waals surface area contributed by atoms with Crippen molar-refractivity contribution in [2.45, 2.75) is 19.4 Å². The number of methoxy groups -OCH3 is 1. The second-order valence-electron chi connectivity index (χ2n) is 5.00. The van der Waals surface area contributed by atoms with Gasteiger partial charge >= 0.3 is 12.0 Å². The van der Waals surface area contributed by atoms with Crippen LogP contribution in [0.15, 0.2) is 22.9 Å². The number of esters is 1. The Morgan fingerprint density at radius 1 is 1.32 bits per heavy atom. The number of hydrogen-bond donors (Lipinski definition) is 1. The van der Waals surface area contributed by atoms with Gasteiger partial charge in [0.1, 0.15) is 4.88 Å². The summed E-state index contributed by atoms with van der Waals surface area (Å²) in [5.41, 5.74) is 1.72. The average molecular weight is 336 g/mol. The van der Waals surface area contributed by atoms with Crippen molar-refractivity contribution in [2.75, 3.05) is 19.0 Å². The van der Waals surface area contributed by atoms with Crippen molar-refractivity contribution in [1.29, 1.82) is 0 Å². The molecule has 2 aromatic rings. The van der Waals surface area contributed by atoms with Gasteiger partial charge in [-0.1, -0.05) is 0 Å². The van der Waals surface area contributed by atoms with Crippen LogP contribution in [0.5, 0.6) is 0 Å². The maximum atomic E-state index is 12.5. The minimum atomic E-state index is -0.433. The van der Waals surface area contributed by atoms with Gasteiger partial charge in [0.05, 0.1) is 18.8 Å². The molecule has 22 heavy (non-hydrogen) atoms. The number of nitrogens with one attached hydrogen (secondary N) is 1. The van der Waals surface area contributed by atoms with Crippen molar-refractivity contribution in [3.8, 4) is 0 Å². The third kappa shape index (κ3) is 2.62. The highest BCUT2D eigenvalue weighted by Gasteiger charge is 2.29. The Hall–Kier alpha value is -1.86. The summed E-state index contributed by atoms with van der Waals surface area (Å²) in [6, 6.07) is 3.65. The van der Waals surface area contributed by atoms with Gasteiger partial charge in [0.15, 0.2) is 0 Å². The van der Waals surface area contributed by atoms with Crippen LogP contribution in [-0.2, 0) is 11.2 Å². The summed E-state index contributed by atoms with van der Waals surface area (Å²) in [6.45, 7) is 2.71. The number of rotatable bonds is 2. The Bertz CT molecular complexity index is 707. The predicted molar refractivity (Wildman–Crippen MR) is 87.8 cm³/mol. The summed E-state index contributed by atoms with van der Waals surface area (Å²) < 4.78 is 4.73. The molecule has 1 N–H and O–H groups in total. The van der Waals surface area contributed by atoms with E-state index in [1.165, 1.54) is 28.9 Å². The molecule has 3 heterocycles. The number of hydrogen-bond acceptors (Lipinski definition) is 5. The largest absolute Gasteiger partial charge is 0.465 e. The molecule has 0 aliphatic carbocycles. The van der Waals surface area contributed by atoms with Crippen LogP contribution in [0.25, 0.3) is 0 Å². The fraction of sp³-hybridized carbons (Fsp3) is 0.333. The van der Waals surface area contributed by atoms with E-state index in [0.717, 1.165) is 6.42 Å². The van der Waals surface area contributed by atoms with Crippen LogP contribution in [0.2, 0.25) is 0 Å². The van der Waals surface area contributed by atoms with E-state index in [-0.39, 0.29) is 12.1 Å². The molecule has 1 atom stereocenters. The zero-order valence-corrected chi connectivity index (χ0v) is 13.9. The second-order valence-corrected chi connectivity index (χ2v) is 6.92. The van der Waals surface area contributed by atoms with E-state index in [1.54, 1.807) is 27.7 Å². The molecule has 1 aliphatic rings. The van der Waals surface area contributed by atoms with E-state index in [0.29, 0.717) is 17.1 Å². The lowest BCUT2D eigenvalue weighted by atomic mass is 10.0. The van der Waals surface area contributed by atoms with Gasteiger partial charge in [0.2, 0.25) is 0 Å². The van der Waals surface area contributed by atoms with Crippen LogP contribution in [0.1, 0.15) is 33.1 Å². The molecule has 0 saturated heterocycles. The number of carbonyl (C=O) groups excluding carboxylic acids is 2. The molecule has 0 saturated carbocycles. The quantitative estimate of drug-likeness (QED) is 0.850. The van der Waals surface area contributed by atoms with E-state index in [9.17, 15) is 9.59 Å². The molecule has 1 aliphatic heterocycles. The lowest BCUT2D eigenvalue weighted by Crippen LogP contribution is -2.41. The Morgan fingerprint density at radius 2 is 2.09 bits per heavy atom. The van der Waals surface area contributed by atoms with Crippen LogP contribution in [0.4, 0.5) is 10.5 Å². The Kier molecular flexibility index (Phi) is 4.17. The van der Waals surface area contributed by atoms with Gasteiger partial charge in [-0.15, -0.1) is 22.7 Å². The summed E-state index contributed by atoms with van der Waals surface area (Å²) >= 11 is 3.00. The number of urea groups is 1. The number of carbonyl (C=O) groups is 2. The molecule has 0 unspecified atom stereocenters. The molecule has 0 spiro atoms. The predicted octanol–water partition coefficient (Wildman–Crippen LogP) is 3.75. The standard InChI is InChI=1S/C15H16N2O3S2/c1-9-10-4-7-21-12(10)3-6-17(9)15(19)16-11-5-8-22-13(11)14(18)20-2/h4-5,7-9H,3,6H2,1-2H3,(H,16,19)/t9-/m1/s1. The first-order valence-electron chi connectivity index (χ1n) is 6.91. The van der Waals surface area contributed by atoms with Crippen molar-refractivity contribution < 1.29 is 14.3 Å². The van der Waals surface area contributed by atoms with Crippen molar-refractivity contribution in [1.82, 2.24) is 4.90 Å². The summed E-state index contributed by atoms with van der Waals surface area (Å²) in [7, 11) is 1.33. The van der Waals surface area contributed by atoms with Gasteiger partial charge in [-0.3, -0.25) is 0 Å². The number of amides is 2. The van der Waals surface area contributed by atoms with Gasteiger partial charge in [0, 0.05) is 11.4 Å². The third-order valence-corrected chi connectivity index (χ3v) is 5.71. The smallest absolute Gasteiger partial charge is 0.350 e. The summed E-state index contributed by atoms with van der Waals surface area (Å²) in [5.74, 6) is -0.433. The molecule has 116 valence electrons. The van der Waals surface area contributed by atoms with Gasteiger partial charge in [-0.2, -0.15) is 0 Å². The highest BCUT2D eigenvalue weighted by molar-refractivity contribution is 7.12. The Morgan fingerprint density at radius 3 is 2.86 bits per heavy atom. The molecule has 0 bridgehead atoms. The first kappa shape index (κ1) is 15.1. The monoisotopic (exact) mass is 336 g/mol. The molecular formula is C15H16N2O3S2. The van der Waals surface area contributed by atoms with Crippen LogP contribution in [0.3, 0.4) is 0 Å². The van der Waals surface area contributed by atoms with E-state index in [1.807, 2.05) is 6.92 Å². The van der Waals surface area contributed by atoms with Crippen LogP contribution in [0, 0.1) is 0 Å². The molecule has 0 aromatic carbocycles. The van der Waals surface area contributed by atoms with Crippen molar-refractivity contribution in [3.05, 3.63) is 38.2 Å². The van der Waals surface area contributed by atoms with E-state index in [2.05, 4.69) is 16.8 Å². The molecule has 5 nitrogen and oxygen atoms in total. The van der Waals surface area contributed by atoms with Crippen LogP contribution >= 0.6 is 22.7 Å². The SMILES string of the molecule is COC(=O)c1sccc1NC(=O)N1CCc2sccc2[C@H]1C. The number of fused-ring (bicyclic) bond motifs is 1. The third-order valence-electron chi connectivity index (χ3n) is 3.82. The highest BCUT2D eigenvalue weighted by Crippen LogP contribution is 2.33. The van der Waals surface area contributed by atoms with Crippen molar-refractivity contribution >= 4 is 40.4 Å². The molecule has 0 fully saturated rings. The fourth-order valence-electron chi connectivity index (χ4n) is 2.63. The van der Waals surface area contributed by atoms with E-state index < -0.39 is 5.97 Å². The first-order chi connectivity index (χ1) is 10.6. The maximum Gasteiger partial charge on any atom is 0.350 e. The zero-order valence-electron chi connectivity index (χ0n) is 12.3. The Labute approximate surface area is 136 Å². The molecule has 3 rings (SSSR count). The molecular weight excluding hydrogens is 320 g/mol. The van der Waals surface area contributed by atoms with Gasteiger partial charge in [-0.05, 0) is 41.8 Å². The normalized spacial score (nSPS) is 17.0. The molecule has 0 radical (unpaired) electrons. The minimum absolute atomic E-state index is 0.0372. The van der Waals surface area contributed by atoms with Crippen molar-refractivity contribution in [3.63, 3.8) is 0 Å². The molecule has 2 aromatic heterocycles. The van der Waals surface area contributed by atoms with E-state index in [4.69, 9.17) is 4.74 Å². The lowest BCUT2D eigenvalue weighted by Gasteiger charge is -2.33. The maximum absolute atomic E-state index is 12.5. The fourth-order valence-corrected chi connectivity index (χ4v) is 4.36. The number of ether oxygens (including phenoxy) is 1. The van der Waals surface area contributed by atoms with Gasteiger partial charge < -0.3 is 15.0 Å². The first-order valence-corrected chi connectivity index (χ1v) is 8.67. The number of nitrogens with zero attached hydrogens (tertiary/aromatic N) is 1. The summed E-state index contributed by atoms with van der Waals surface area (Å²) in [6.07, 6.45) is 0.873.